The van der Waals surface area contributed by atoms with Gasteiger partial charge in [0.15, 0.2) is 0 Å². The number of hydrogen-bond acceptors (Lipinski definition) is 6. The Balaban J connectivity index is 3.03. The van der Waals surface area contributed by atoms with Crippen LogP contribution in [0.3, 0.4) is 0 Å². The number of benzene rings is 1. The average molecular weight is 248 g/mol. The number of aromatic nitrogens is 2. The van der Waals surface area contributed by atoms with E-state index in [1.54, 1.807) is 0 Å². The lowest BCUT2D eigenvalue weighted by molar-refractivity contribution is -0.259. The second kappa shape index (κ2) is 3.84. The van der Waals surface area contributed by atoms with E-state index < -0.39 is 34.2 Å². The standard InChI is InChI=1S/C10H6N2O6/c13-7-3-1-5(9(15)16)6(10(17)18)2-4(3)8(14)12-11-7/h1-2H,(H,11,13)(H,12,14)(H,15,16)(H,17,18)/p-2. The summed E-state index contributed by atoms with van der Waals surface area (Å²) in [5, 5.41) is 25.0. The maximum absolute atomic E-state index is 11.4. The molecule has 8 heteroatoms. The van der Waals surface area contributed by atoms with Crippen molar-refractivity contribution in [1.29, 1.82) is 0 Å². The minimum atomic E-state index is -1.78. The highest BCUT2D eigenvalue weighted by Crippen LogP contribution is 2.13. The molecule has 0 aliphatic rings. The number of carboxylic acid groups (broad SMARTS) is 2. The van der Waals surface area contributed by atoms with Crippen LogP contribution >= 0.6 is 0 Å². The number of hydrogen-bond donors (Lipinski definition) is 2. The molecule has 92 valence electrons. The molecule has 2 N–H and O–H groups in total. The molecule has 0 unspecified atom stereocenters. The summed E-state index contributed by atoms with van der Waals surface area (Å²) < 4.78 is 0. The average Bonchev–Trinajstić information content (AvgIpc) is 2.32. The second-order valence-electron chi connectivity index (χ2n) is 3.43. The molecule has 0 amide bonds. The first-order chi connectivity index (χ1) is 8.41. The van der Waals surface area contributed by atoms with Crippen molar-refractivity contribution in [2.24, 2.45) is 0 Å². The van der Waals surface area contributed by atoms with Gasteiger partial charge in [0.1, 0.15) is 0 Å². The quantitative estimate of drug-likeness (QED) is 0.577. The molecule has 0 bridgehead atoms. The summed E-state index contributed by atoms with van der Waals surface area (Å²) in [5.74, 6) is -3.56. The van der Waals surface area contributed by atoms with Gasteiger partial charge in [0.2, 0.25) is 0 Å². The fraction of sp³-hybridized carbons (Fsp3) is 0. The van der Waals surface area contributed by atoms with Crippen LogP contribution in [0.4, 0.5) is 0 Å². The maximum atomic E-state index is 11.4. The minimum Gasteiger partial charge on any atom is -0.545 e. The Morgan fingerprint density at radius 2 is 1.17 bits per heavy atom. The van der Waals surface area contributed by atoms with E-state index in [-0.39, 0.29) is 10.8 Å². The fourth-order valence-electron chi connectivity index (χ4n) is 1.56. The first kappa shape index (κ1) is 11.6. The lowest BCUT2D eigenvalue weighted by Crippen LogP contribution is -2.31. The highest BCUT2D eigenvalue weighted by Gasteiger charge is 2.11. The van der Waals surface area contributed by atoms with Gasteiger partial charge in [-0.1, -0.05) is 0 Å². The third-order valence-corrected chi connectivity index (χ3v) is 2.38. The Labute approximate surface area is 97.5 Å². The topological polar surface area (TPSA) is 146 Å². The molecule has 1 heterocycles. The number of aromatic carboxylic acids is 2. The van der Waals surface area contributed by atoms with Crippen LogP contribution < -0.4 is 21.3 Å². The van der Waals surface area contributed by atoms with Crippen LogP contribution in [0.2, 0.25) is 0 Å². The van der Waals surface area contributed by atoms with E-state index in [0.29, 0.717) is 0 Å². The van der Waals surface area contributed by atoms with Gasteiger partial charge in [-0.05, 0) is 12.1 Å². The summed E-state index contributed by atoms with van der Waals surface area (Å²) in [6.45, 7) is 0. The molecule has 0 saturated carbocycles. The number of fused-ring (bicyclic) bond motifs is 1. The maximum Gasteiger partial charge on any atom is 0.270 e. The summed E-state index contributed by atoms with van der Waals surface area (Å²) in [4.78, 5) is 44.3. The smallest absolute Gasteiger partial charge is 0.270 e. The molecule has 2 aromatic rings. The lowest BCUT2D eigenvalue weighted by atomic mass is 10.0. The van der Waals surface area contributed by atoms with Crippen LogP contribution in [0.5, 0.6) is 0 Å². The third kappa shape index (κ3) is 1.65. The Hall–Kier alpha value is -2.90. The zero-order valence-electron chi connectivity index (χ0n) is 8.60. The normalized spacial score (nSPS) is 10.4. The predicted octanol–water partition coefficient (Wildman–Crippen LogP) is -3.06. The summed E-state index contributed by atoms with van der Waals surface area (Å²) in [6, 6.07) is 1.54. The highest BCUT2D eigenvalue weighted by atomic mass is 16.4. The molecule has 0 atom stereocenters. The summed E-state index contributed by atoms with van der Waals surface area (Å²) in [7, 11) is 0. The van der Waals surface area contributed by atoms with Crippen molar-refractivity contribution in [2.75, 3.05) is 0 Å². The van der Waals surface area contributed by atoms with Gasteiger partial charge in [-0.25, -0.2) is 0 Å². The van der Waals surface area contributed by atoms with Crippen LogP contribution in [0.15, 0.2) is 21.7 Å². The molecule has 0 radical (unpaired) electrons. The van der Waals surface area contributed by atoms with E-state index in [4.69, 9.17) is 0 Å². The zero-order chi connectivity index (χ0) is 13.4. The second-order valence-corrected chi connectivity index (χ2v) is 3.43. The van der Waals surface area contributed by atoms with E-state index in [1.807, 2.05) is 10.2 Å². The monoisotopic (exact) mass is 248 g/mol. The van der Waals surface area contributed by atoms with Crippen molar-refractivity contribution >= 4 is 22.7 Å². The zero-order valence-corrected chi connectivity index (χ0v) is 8.60. The molecule has 8 nitrogen and oxygen atoms in total. The summed E-state index contributed by atoms with van der Waals surface area (Å²) >= 11 is 0. The van der Waals surface area contributed by atoms with E-state index in [9.17, 15) is 29.4 Å². The molecule has 0 aliphatic carbocycles. The molecular weight excluding hydrogens is 244 g/mol. The van der Waals surface area contributed by atoms with Crippen molar-refractivity contribution in [1.82, 2.24) is 10.2 Å². The van der Waals surface area contributed by atoms with E-state index in [2.05, 4.69) is 0 Å². The van der Waals surface area contributed by atoms with Gasteiger partial charge >= 0.3 is 0 Å². The van der Waals surface area contributed by atoms with E-state index in [1.165, 1.54) is 0 Å². The van der Waals surface area contributed by atoms with Crippen LogP contribution in [0.25, 0.3) is 10.8 Å². The molecule has 2 rings (SSSR count). The molecule has 0 spiro atoms. The molecule has 0 saturated heterocycles. The molecule has 1 aromatic heterocycles. The van der Waals surface area contributed by atoms with Crippen molar-refractivity contribution in [3.63, 3.8) is 0 Å². The number of carboxylic acids is 2. The van der Waals surface area contributed by atoms with Gasteiger partial charge in [-0.15, -0.1) is 0 Å². The number of aromatic amines is 2. The van der Waals surface area contributed by atoms with Gasteiger partial charge in [0.05, 0.1) is 22.7 Å². The van der Waals surface area contributed by atoms with Crippen molar-refractivity contribution in [3.05, 3.63) is 44.0 Å². The third-order valence-electron chi connectivity index (χ3n) is 2.38. The lowest BCUT2D eigenvalue weighted by Gasteiger charge is -2.12. The molecular formula is C10H4N2O6-2. The van der Waals surface area contributed by atoms with Crippen molar-refractivity contribution in [3.8, 4) is 0 Å². The van der Waals surface area contributed by atoms with Gasteiger partial charge in [-0.2, -0.15) is 0 Å². The first-order valence-corrected chi connectivity index (χ1v) is 4.63. The minimum absolute atomic E-state index is 0.247. The van der Waals surface area contributed by atoms with Gasteiger partial charge in [-0.3, -0.25) is 19.8 Å². The highest BCUT2D eigenvalue weighted by molar-refractivity contribution is 6.04. The predicted molar refractivity (Wildman–Crippen MR) is 53.9 cm³/mol. The number of carbonyl (C=O) groups excluding carboxylic acids is 2. The first-order valence-electron chi connectivity index (χ1n) is 4.63. The summed E-state index contributed by atoms with van der Waals surface area (Å²) in [5.41, 5.74) is -2.95. The van der Waals surface area contributed by atoms with Gasteiger partial charge < -0.3 is 19.8 Å². The van der Waals surface area contributed by atoms with Crippen LogP contribution in [-0.2, 0) is 0 Å². The number of rotatable bonds is 2. The van der Waals surface area contributed by atoms with E-state index >= 15 is 0 Å². The van der Waals surface area contributed by atoms with Gasteiger partial charge in [0.25, 0.3) is 11.1 Å². The van der Waals surface area contributed by atoms with E-state index in [0.717, 1.165) is 12.1 Å². The van der Waals surface area contributed by atoms with Crippen molar-refractivity contribution in [2.45, 2.75) is 0 Å². The number of H-pyrrole nitrogens is 2. The number of carbonyl (C=O) groups is 2. The van der Waals surface area contributed by atoms with Gasteiger partial charge in [0, 0.05) is 11.1 Å². The molecule has 18 heavy (non-hydrogen) atoms. The Morgan fingerprint density at radius 1 is 0.833 bits per heavy atom. The largest absolute Gasteiger partial charge is 0.545 e. The van der Waals surface area contributed by atoms with Crippen molar-refractivity contribution < 1.29 is 19.8 Å². The molecule has 0 aliphatic heterocycles. The molecule has 0 fully saturated rings. The van der Waals surface area contributed by atoms with Crippen LogP contribution in [-0.4, -0.2) is 22.1 Å². The Morgan fingerprint density at radius 3 is 1.44 bits per heavy atom. The Bertz CT molecular complexity index is 719. The fourth-order valence-corrected chi connectivity index (χ4v) is 1.56. The number of nitrogens with one attached hydrogen (secondary N) is 2. The molecule has 1 aromatic carbocycles. The SMILES string of the molecule is O=C([O-])c1cc2c(=O)[nH][nH]c(=O)c2cc1C(=O)[O-]. The van der Waals surface area contributed by atoms with Crippen LogP contribution in [0.1, 0.15) is 20.7 Å². The Kier molecular flexibility index (Phi) is 2.47. The van der Waals surface area contributed by atoms with Crippen LogP contribution in [0, 0.1) is 0 Å². The summed E-state index contributed by atoms with van der Waals surface area (Å²) in [6.07, 6.45) is 0.